The van der Waals surface area contributed by atoms with Gasteiger partial charge in [0.25, 0.3) is 5.56 Å². The molecule has 6 nitrogen and oxygen atoms in total. The topological polar surface area (TPSA) is 65.6 Å². The van der Waals surface area contributed by atoms with Crippen LogP contribution in [0.3, 0.4) is 0 Å². The molecule has 0 bridgehead atoms. The molecule has 3 aromatic heterocycles. The van der Waals surface area contributed by atoms with E-state index in [4.69, 9.17) is 26.6 Å². The van der Waals surface area contributed by atoms with Crippen LogP contribution in [0.15, 0.2) is 53.3 Å². The summed E-state index contributed by atoms with van der Waals surface area (Å²) < 4.78 is 3.90. The molecule has 0 unspecified atom stereocenters. The Hall–Kier alpha value is -3.25. The summed E-state index contributed by atoms with van der Waals surface area (Å²) in [5.74, 6) is 0.821. The molecule has 0 aliphatic heterocycles. The first-order chi connectivity index (χ1) is 16.2. The molecule has 0 amide bonds. The van der Waals surface area contributed by atoms with Gasteiger partial charge in [-0.15, -0.1) is 0 Å². The van der Waals surface area contributed by atoms with Gasteiger partial charge >= 0.3 is 0 Å². The molecule has 0 N–H and O–H groups in total. The third-order valence-electron chi connectivity index (χ3n) is 6.72. The van der Waals surface area contributed by atoms with Gasteiger partial charge in [0, 0.05) is 23.2 Å². The Balaban J connectivity index is 1.77. The quantitative estimate of drug-likeness (QED) is 0.333. The summed E-state index contributed by atoms with van der Waals surface area (Å²) in [6.07, 6.45) is 6.25. The van der Waals surface area contributed by atoms with Crippen molar-refractivity contribution in [1.29, 1.82) is 0 Å². The zero-order valence-electron chi connectivity index (χ0n) is 18.5. The van der Waals surface area contributed by atoms with Gasteiger partial charge in [-0.25, -0.2) is 15.0 Å². The van der Waals surface area contributed by atoms with Crippen LogP contribution in [0.2, 0.25) is 5.02 Å². The van der Waals surface area contributed by atoms with Gasteiger partial charge in [0.15, 0.2) is 11.3 Å². The standard InChI is InChI=1S/C26H24ClN5O/c1-2-21-30-24-22(26(33)31(21)17-8-4-3-5-9-17)23-25(29-20-11-7-6-10-19(20)28-23)32(24)18-14-12-16(27)13-15-18/h6-7,10-15,17H,2-5,8-9H2,1H3. The maximum absolute atomic E-state index is 14.1. The lowest BCUT2D eigenvalue weighted by Crippen LogP contribution is -2.30. The fourth-order valence-corrected chi connectivity index (χ4v) is 5.27. The summed E-state index contributed by atoms with van der Waals surface area (Å²) in [4.78, 5) is 29.0. The Kier molecular flexibility index (Phi) is 4.91. The van der Waals surface area contributed by atoms with E-state index < -0.39 is 0 Å². The van der Waals surface area contributed by atoms with Gasteiger partial charge < -0.3 is 0 Å². The third-order valence-corrected chi connectivity index (χ3v) is 6.97. The zero-order chi connectivity index (χ0) is 22.5. The molecule has 33 heavy (non-hydrogen) atoms. The molecule has 1 fully saturated rings. The molecular formula is C26H24ClN5O. The molecule has 2 aromatic carbocycles. The molecule has 0 radical (unpaired) electrons. The van der Waals surface area contributed by atoms with Crippen molar-refractivity contribution < 1.29 is 0 Å². The summed E-state index contributed by atoms with van der Waals surface area (Å²) in [5, 5.41) is 1.19. The Morgan fingerprint density at radius 1 is 0.909 bits per heavy atom. The minimum atomic E-state index is -0.00829. The molecular weight excluding hydrogens is 434 g/mol. The van der Waals surface area contributed by atoms with E-state index in [0.717, 1.165) is 48.2 Å². The highest BCUT2D eigenvalue weighted by Crippen LogP contribution is 2.32. The van der Waals surface area contributed by atoms with Crippen molar-refractivity contribution in [2.24, 2.45) is 0 Å². The molecule has 0 saturated heterocycles. The number of hydrogen-bond acceptors (Lipinski definition) is 4. The molecule has 3 heterocycles. The van der Waals surface area contributed by atoms with Crippen LogP contribution in [0, 0.1) is 0 Å². The van der Waals surface area contributed by atoms with Gasteiger partial charge in [0.1, 0.15) is 16.7 Å². The average Bonchev–Trinajstić information content (AvgIpc) is 3.16. The molecule has 1 aliphatic rings. The smallest absolute Gasteiger partial charge is 0.265 e. The van der Waals surface area contributed by atoms with Gasteiger partial charge in [0.2, 0.25) is 0 Å². The first-order valence-electron chi connectivity index (χ1n) is 11.6. The highest BCUT2D eigenvalue weighted by Gasteiger charge is 2.26. The van der Waals surface area contributed by atoms with E-state index in [-0.39, 0.29) is 11.6 Å². The summed E-state index contributed by atoms with van der Waals surface area (Å²) in [7, 11) is 0. The van der Waals surface area contributed by atoms with Crippen LogP contribution >= 0.6 is 11.6 Å². The van der Waals surface area contributed by atoms with E-state index in [2.05, 4.69) is 6.92 Å². The van der Waals surface area contributed by atoms with E-state index >= 15 is 0 Å². The van der Waals surface area contributed by atoms with Gasteiger partial charge in [-0.1, -0.05) is 49.9 Å². The Morgan fingerprint density at radius 3 is 2.30 bits per heavy atom. The lowest BCUT2D eigenvalue weighted by molar-refractivity contribution is 0.337. The van der Waals surface area contributed by atoms with Crippen molar-refractivity contribution in [2.75, 3.05) is 0 Å². The van der Waals surface area contributed by atoms with E-state index in [1.165, 1.54) is 6.42 Å². The fourth-order valence-electron chi connectivity index (χ4n) is 5.15. The summed E-state index contributed by atoms with van der Waals surface area (Å²) >= 11 is 6.16. The largest absolute Gasteiger partial charge is 0.293 e. The normalized spacial score (nSPS) is 15.1. The van der Waals surface area contributed by atoms with Crippen LogP contribution in [-0.2, 0) is 6.42 Å². The van der Waals surface area contributed by atoms with E-state index in [1.807, 2.05) is 57.7 Å². The molecule has 1 saturated carbocycles. The van der Waals surface area contributed by atoms with Crippen LogP contribution < -0.4 is 5.56 Å². The predicted molar refractivity (Wildman–Crippen MR) is 132 cm³/mol. The summed E-state index contributed by atoms with van der Waals surface area (Å²) in [6.45, 7) is 2.06. The van der Waals surface area contributed by atoms with E-state index in [9.17, 15) is 4.79 Å². The maximum atomic E-state index is 14.1. The second kappa shape index (κ2) is 7.96. The minimum Gasteiger partial charge on any atom is -0.293 e. The van der Waals surface area contributed by atoms with Crippen LogP contribution in [0.4, 0.5) is 0 Å². The monoisotopic (exact) mass is 457 g/mol. The molecule has 166 valence electrons. The van der Waals surface area contributed by atoms with E-state index in [0.29, 0.717) is 33.6 Å². The lowest BCUT2D eigenvalue weighted by atomic mass is 9.95. The number of para-hydroxylation sites is 2. The Bertz CT molecular complexity index is 1560. The van der Waals surface area contributed by atoms with Crippen molar-refractivity contribution in [2.45, 2.75) is 51.5 Å². The number of benzene rings is 2. The Labute approximate surface area is 195 Å². The van der Waals surface area contributed by atoms with Crippen LogP contribution in [-0.4, -0.2) is 24.1 Å². The second-order valence-corrected chi connectivity index (χ2v) is 9.18. The molecule has 7 heteroatoms. The number of hydrogen-bond donors (Lipinski definition) is 0. The molecule has 5 aromatic rings. The zero-order valence-corrected chi connectivity index (χ0v) is 19.2. The lowest BCUT2D eigenvalue weighted by Gasteiger charge is -2.26. The van der Waals surface area contributed by atoms with E-state index in [1.54, 1.807) is 0 Å². The number of aryl methyl sites for hydroxylation is 1. The number of halogens is 1. The van der Waals surface area contributed by atoms with Gasteiger partial charge in [-0.05, 0) is 49.2 Å². The van der Waals surface area contributed by atoms with Crippen molar-refractivity contribution in [3.63, 3.8) is 0 Å². The van der Waals surface area contributed by atoms with Crippen LogP contribution in [0.1, 0.15) is 50.9 Å². The predicted octanol–water partition coefficient (Wildman–Crippen LogP) is 6.00. The maximum Gasteiger partial charge on any atom is 0.265 e. The SMILES string of the molecule is CCc1nc2c(c(=O)n1C1CCCCC1)c1nc3ccccc3nc1n2-c1ccc(Cl)cc1. The molecule has 0 spiro atoms. The minimum absolute atomic E-state index is 0.00829. The number of nitrogens with zero attached hydrogens (tertiary/aromatic N) is 5. The molecule has 1 aliphatic carbocycles. The summed E-state index contributed by atoms with van der Waals surface area (Å²) in [5.41, 5.74) is 4.24. The average molecular weight is 458 g/mol. The van der Waals surface area contributed by atoms with Gasteiger partial charge in [0.05, 0.1) is 11.0 Å². The van der Waals surface area contributed by atoms with Crippen LogP contribution in [0.5, 0.6) is 0 Å². The van der Waals surface area contributed by atoms with Crippen molar-refractivity contribution in [3.05, 3.63) is 69.7 Å². The van der Waals surface area contributed by atoms with Crippen molar-refractivity contribution in [3.8, 4) is 5.69 Å². The third kappa shape index (κ3) is 3.23. The summed E-state index contributed by atoms with van der Waals surface area (Å²) in [6, 6.07) is 15.5. The first-order valence-corrected chi connectivity index (χ1v) is 12.0. The molecule has 6 rings (SSSR count). The van der Waals surface area contributed by atoms with Crippen LogP contribution in [0.25, 0.3) is 38.9 Å². The first kappa shape index (κ1) is 20.4. The number of fused-ring (bicyclic) bond motifs is 4. The molecule has 0 atom stereocenters. The highest BCUT2D eigenvalue weighted by atomic mass is 35.5. The fraction of sp³-hybridized carbons (Fsp3) is 0.308. The van der Waals surface area contributed by atoms with Gasteiger partial charge in [-0.3, -0.25) is 13.9 Å². The second-order valence-electron chi connectivity index (χ2n) is 8.74. The highest BCUT2D eigenvalue weighted by molar-refractivity contribution is 6.30. The van der Waals surface area contributed by atoms with Crippen molar-refractivity contribution in [1.82, 2.24) is 24.1 Å². The van der Waals surface area contributed by atoms with Crippen molar-refractivity contribution >= 4 is 44.8 Å². The number of aromatic nitrogens is 5. The van der Waals surface area contributed by atoms with Gasteiger partial charge in [-0.2, -0.15) is 0 Å². The number of rotatable bonds is 3. The Morgan fingerprint density at radius 2 is 1.61 bits per heavy atom.